The van der Waals surface area contributed by atoms with Crippen LogP contribution in [0.15, 0.2) is 59.6 Å². The second-order valence-corrected chi connectivity index (χ2v) is 7.57. The normalized spacial score (nSPS) is 11.0. The zero-order chi connectivity index (χ0) is 17.9. The summed E-state index contributed by atoms with van der Waals surface area (Å²) in [6.07, 6.45) is 1.77. The number of aromatic nitrogens is 2. The lowest BCUT2D eigenvalue weighted by atomic mass is 10.2. The number of fused-ring (bicyclic) bond motifs is 2. The molecular weight excluding hydrogens is 366 g/mol. The summed E-state index contributed by atoms with van der Waals surface area (Å²) >= 11 is 2.91. The van der Waals surface area contributed by atoms with E-state index in [-0.39, 0.29) is 5.91 Å². The minimum Gasteiger partial charge on any atom is -0.497 e. The van der Waals surface area contributed by atoms with Gasteiger partial charge in [0, 0.05) is 16.5 Å². The van der Waals surface area contributed by atoms with Crippen LogP contribution in [0.5, 0.6) is 5.75 Å². The summed E-state index contributed by atoms with van der Waals surface area (Å²) in [6, 6.07) is 15.6. The summed E-state index contributed by atoms with van der Waals surface area (Å²) in [5, 5.41) is 4.53. The van der Waals surface area contributed by atoms with Gasteiger partial charge in [-0.2, -0.15) is 0 Å². The highest BCUT2D eigenvalue weighted by Gasteiger charge is 2.10. The number of nitrogens with one attached hydrogen (secondary N) is 1. The number of carbonyl (C=O) groups excluding carboxylic acids is 1. The molecule has 0 fully saturated rings. The Bertz CT molecular complexity index is 1090. The molecule has 4 aromatic rings. The number of hydrogen-bond acceptors (Lipinski definition) is 6. The lowest BCUT2D eigenvalue weighted by molar-refractivity contribution is -0.113. The third-order valence-electron chi connectivity index (χ3n) is 3.80. The molecule has 0 bridgehead atoms. The highest BCUT2D eigenvalue weighted by molar-refractivity contribution is 8.00. The fourth-order valence-corrected chi connectivity index (χ4v) is 4.33. The number of benzene rings is 2. The number of rotatable bonds is 5. The highest BCUT2D eigenvalue weighted by atomic mass is 32.2. The van der Waals surface area contributed by atoms with Gasteiger partial charge in [0.1, 0.15) is 5.75 Å². The van der Waals surface area contributed by atoms with E-state index in [1.54, 1.807) is 13.3 Å². The average Bonchev–Trinajstić information content (AvgIpc) is 3.07. The maximum atomic E-state index is 12.3. The van der Waals surface area contributed by atoms with Crippen molar-refractivity contribution >= 4 is 55.3 Å². The van der Waals surface area contributed by atoms with E-state index >= 15 is 0 Å². The van der Waals surface area contributed by atoms with E-state index in [4.69, 9.17) is 4.74 Å². The van der Waals surface area contributed by atoms with Crippen LogP contribution in [-0.4, -0.2) is 28.7 Å². The number of ether oxygens (including phenoxy) is 1. The molecule has 26 heavy (non-hydrogen) atoms. The number of carbonyl (C=O) groups is 1. The van der Waals surface area contributed by atoms with Crippen molar-refractivity contribution in [3.8, 4) is 5.75 Å². The van der Waals surface area contributed by atoms with Crippen molar-refractivity contribution in [2.75, 3.05) is 18.2 Å². The molecule has 2 heterocycles. The number of methoxy groups -OCH3 is 1. The van der Waals surface area contributed by atoms with E-state index in [0.717, 1.165) is 31.8 Å². The van der Waals surface area contributed by atoms with Crippen LogP contribution in [0.4, 0.5) is 5.13 Å². The lowest BCUT2D eigenvalue weighted by Gasteiger charge is -2.05. The smallest absolute Gasteiger partial charge is 0.236 e. The number of thioether (sulfide) groups is 1. The van der Waals surface area contributed by atoms with Crippen LogP contribution in [0.25, 0.3) is 21.1 Å². The Morgan fingerprint density at radius 1 is 1.23 bits per heavy atom. The molecule has 4 rings (SSSR count). The molecule has 130 valence electrons. The summed E-state index contributed by atoms with van der Waals surface area (Å²) in [5.74, 6) is 0.988. The molecule has 7 heteroatoms. The van der Waals surface area contributed by atoms with Crippen LogP contribution in [0.3, 0.4) is 0 Å². The average molecular weight is 381 g/mol. The van der Waals surface area contributed by atoms with Gasteiger partial charge in [0.15, 0.2) is 5.13 Å². The molecule has 0 aliphatic heterocycles. The van der Waals surface area contributed by atoms with Gasteiger partial charge in [0.05, 0.1) is 28.6 Å². The van der Waals surface area contributed by atoms with Gasteiger partial charge in [0.2, 0.25) is 5.91 Å². The molecule has 0 spiro atoms. The van der Waals surface area contributed by atoms with Crippen molar-refractivity contribution in [2.24, 2.45) is 0 Å². The Morgan fingerprint density at radius 3 is 3.00 bits per heavy atom. The van der Waals surface area contributed by atoms with Crippen molar-refractivity contribution in [1.82, 2.24) is 9.97 Å². The third-order valence-corrected chi connectivity index (χ3v) is 5.78. The Labute approximate surface area is 158 Å². The van der Waals surface area contributed by atoms with Crippen molar-refractivity contribution < 1.29 is 9.53 Å². The monoisotopic (exact) mass is 381 g/mol. The molecular formula is C19H15N3O2S2. The maximum absolute atomic E-state index is 12.3. The van der Waals surface area contributed by atoms with E-state index < -0.39 is 0 Å². The molecule has 0 saturated carbocycles. The SMILES string of the molecule is COc1ccc2nc(NC(=O)CSc3cccc4cccnc34)sc2c1. The first-order chi connectivity index (χ1) is 12.7. The number of anilines is 1. The number of nitrogens with zero attached hydrogens (tertiary/aromatic N) is 2. The van der Waals surface area contributed by atoms with E-state index in [9.17, 15) is 4.79 Å². The van der Waals surface area contributed by atoms with Gasteiger partial charge in [-0.15, -0.1) is 11.8 Å². The van der Waals surface area contributed by atoms with Gasteiger partial charge < -0.3 is 10.1 Å². The summed E-state index contributed by atoms with van der Waals surface area (Å²) in [6.45, 7) is 0. The third kappa shape index (κ3) is 3.49. The Hall–Kier alpha value is -2.64. The van der Waals surface area contributed by atoms with Gasteiger partial charge in [-0.3, -0.25) is 9.78 Å². The van der Waals surface area contributed by atoms with Crippen LogP contribution in [0.1, 0.15) is 0 Å². The van der Waals surface area contributed by atoms with Crippen molar-refractivity contribution in [3.63, 3.8) is 0 Å². The first-order valence-corrected chi connectivity index (χ1v) is 9.74. The topological polar surface area (TPSA) is 64.1 Å². The van der Waals surface area contributed by atoms with Crippen molar-refractivity contribution in [3.05, 3.63) is 54.7 Å². The van der Waals surface area contributed by atoms with E-state index in [2.05, 4.69) is 15.3 Å². The van der Waals surface area contributed by atoms with E-state index in [1.807, 2.05) is 48.5 Å². The predicted octanol–water partition coefficient (Wildman–Crippen LogP) is 4.58. The predicted molar refractivity (Wildman–Crippen MR) is 107 cm³/mol. The number of para-hydroxylation sites is 1. The number of amides is 1. The molecule has 5 nitrogen and oxygen atoms in total. The van der Waals surface area contributed by atoms with Gasteiger partial charge in [-0.05, 0) is 30.3 Å². The fourth-order valence-electron chi connectivity index (χ4n) is 2.58. The fraction of sp³-hybridized carbons (Fsp3) is 0.105. The Morgan fingerprint density at radius 2 is 2.12 bits per heavy atom. The summed E-state index contributed by atoms with van der Waals surface area (Å²) in [5.41, 5.74) is 1.76. The Kier molecular flexibility index (Phi) is 4.73. The Balaban J connectivity index is 1.45. The standard InChI is InChI=1S/C19H15N3O2S2/c1-24-13-7-8-14-16(10-13)26-19(21-14)22-17(23)11-25-15-6-2-4-12-5-3-9-20-18(12)15/h2-10H,11H2,1H3,(H,21,22,23). The van der Waals surface area contributed by atoms with Gasteiger partial charge >= 0.3 is 0 Å². The molecule has 2 aromatic heterocycles. The highest BCUT2D eigenvalue weighted by Crippen LogP contribution is 2.30. The summed E-state index contributed by atoms with van der Waals surface area (Å²) in [7, 11) is 1.63. The molecule has 0 aliphatic rings. The second-order valence-electron chi connectivity index (χ2n) is 5.52. The summed E-state index contributed by atoms with van der Waals surface area (Å²) in [4.78, 5) is 22.2. The molecule has 0 saturated heterocycles. The lowest BCUT2D eigenvalue weighted by Crippen LogP contribution is -2.13. The zero-order valence-electron chi connectivity index (χ0n) is 13.9. The van der Waals surface area contributed by atoms with Crippen LogP contribution in [0, 0.1) is 0 Å². The minimum absolute atomic E-state index is 0.0889. The molecule has 1 amide bonds. The second kappa shape index (κ2) is 7.31. The minimum atomic E-state index is -0.0889. The van der Waals surface area contributed by atoms with E-state index in [0.29, 0.717) is 10.9 Å². The maximum Gasteiger partial charge on any atom is 0.236 e. The van der Waals surface area contributed by atoms with Crippen LogP contribution in [-0.2, 0) is 4.79 Å². The molecule has 2 aromatic carbocycles. The summed E-state index contributed by atoms with van der Waals surface area (Å²) < 4.78 is 6.19. The van der Waals surface area contributed by atoms with Gasteiger partial charge in [0.25, 0.3) is 0 Å². The largest absolute Gasteiger partial charge is 0.497 e. The van der Waals surface area contributed by atoms with Crippen LogP contribution < -0.4 is 10.1 Å². The van der Waals surface area contributed by atoms with Crippen molar-refractivity contribution in [1.29, 1.82) is 0 Å². The molecule has 0 atom stereocenters. The van der Waals surface area contributed by atoms with Crippen LogP contribution in [0.2, 0.25) is 0 Å². The van der Waals surface area contributed by atoms with E-state index in [1.165, 1.54) is 23.1 Å². The molecule has 1 N–H and O–H groups in total. The van der Waals surface area contributed by atoms with Crippen molar-refractivity contribution in [2.45, 2.75) is 4.90 Å². The number of thiazole rings is 1. The number of hydrogen-bond donors (Lipinski definition) is 1. The quantitative estimate of drug-likeness (QED) is 0.513. The van der Waals surface area contributed by atoms with Crippen LogP contribution >= 0.6 is 23.1 Å². The van der Waals surface area contributed by atoms with Gasteiger partial charge in [-0.1, -0.05) is 29.5 Å². The zero-order valence-corrected chi connectivity index (χ0v) is 15.6. The van der Waals surface area contributed by atoms with Gasteiger partial charge in [-0.25, -0.2) is 4.98 Å². The molecule has 0 radical (unpaired) electrons. The molecule has 0 unspecified atom stereocenters. The molecule has 0 aliphatic carbocycles. The first kappa shape index (κ1) is 16.8. The first-order valence-electron chi connectivity index (χ1n) is 7.94. The number of pyridine rings is 1.